The van der Waals surface area contributed by atoms with Gasteiger partial charge < -0.3 is 9.84 Å². The van der Waals surface area contributed by atoms with E-state index in [9.17, 15) is 8.42 Å². The lowest BCUT2D eigenvalue weighted by molar-refractivity contribution is 0.180. The number of aliphatic hydroxyl groups is 1. The predicted octanol–water partition coefficient (Wildman–Crippen LogP) is -0.476. The summed E-state index contributed by atoms with van der Waals surface area (Å²) in [6.45, 7) is 3.21. The molecule has 0 fully saturated rings. The molecule has 1 atom stereocenters. The van der Waals surface area contributed by atoms with Crippen molar-refractivity contribution in [3.8, 4) is 0 Å². The van der Waals surface area contributed by atoms with E-state index in [1.807, 2.05) is 0 Å². The van der Waals surface area contributed by atoms with Gasteiger partial charge in [-0.1, -0.05) is 0 Å². The molecule has 0 aromatic carbocycles. The minimum atomic E-state index is -3.74. The molecule has 17 heavy (non-hydrogen) atoms. The van der Waals surface area contributed by atoms with Crippen LogP contribution in [0.1, 0.15) is 18.2 Å². The second kappa shape index (κ2) is 5.58. The van der Waals surface area contributed by atoms with Gasteiger partial charge in [-0.15, -0.1) is 0 Å². The summed E-state index contributed by atoms with van der Waals surface area (Å²) in [5.41, 5.74) is 0.814. The van der Waals surface area contributed by atoms with Crippen molar-refractivity contribution >= 4 is 10.0 Å². The van der Waals surface area contributed by atoms with Crippen molar-refractivity contribution in [2.24, 2.45) is 0 Å². The normalized spacial score (nSPS) is 13.9. The van der Waals surface area contributed by atoms with Gasteiger partial charge in [-0.3, -0.25) is 5.10 Å². The highest BCUT2D eigenvalue weighted by Gasteiger charge is 2.24. The van der Waals surface area contributed by atoms with Crippen molar-refractivity contribution in [3.63, 3.8) is 0 Å². The number of nitrogens with one attached hydrogen (secondary N) is 2. The van der Waals surface area contributed by atoms with Crippen LogP contribution in [0.3, 0.4) is 0 Å². The van der Waals surface area contributed by atoms with E-state index >= 15 is 0 Å². The van der Waals surface area contributed by atoms with Crippen molar-refractivity contribution in [1.29, 1.82) is 0 Å². The molecule has 3 N–H and O–H groups in total. The molecule has 1 unspecified atom stereocenters. The maximum Gasteiger partial charge on any atom is 0.260 e. The third-order valence-electron chi connectivity index (χ3n) is 2.22. The van der Waals surface area contributed by atoms with Gasteiger partial charge in [-0.05, 0) is 13.8 Å². The molecule has 0 aliphatic carbocycles. The number of sulfonamides is 1. The first-order valence-corrected chi connectivity index (χ1v) is 6.56. The number of rotatable bonds is 6. The van der Waals surface area contributed by atoms with Crippen LogP contribution in [-0.4, -0.2) is 43.5 Å². The van der Waals surface area contributed by atoms with Gasteiger partial charge in [0.05, 0.1) is 13.2 Å². The van der Waals surface area contributed by atoms with E-state index in [4.69, 9.17) is 9.84 Å². The Morgan fingerprint density at radius 1 is 1.59 bits per heavy atom. The van der Waals surface area contributed by atoms with Crippen molar-refractivity contribution in [1.82, 2.24) is 14.9 Å². The number of aromatic nitrogens is 2. The Labute approximate surface area is 100 Å². The molecule has 8 heteroatoms. The second-order valence-electron chi connectivity index (χ2n) is 3.77. The number of aliphatic hydroxyl groups excluding tert-OH is 1. The Morgan fingerprint density at radius 2 is 2.24 bits per heavy atom. The van der Waals surface area contributed by atoms with E-state index in [-0.39, 0.29) is 29.8 Å². The SMILES string of the molecule is COCC(C)NS(=O)(=O)c1n[nH]c(C)c1CO. The maximum atomic E-state index is 12.0. The number of H-pyrrole nitrogens is 1. The number of aryl methyl sites for hydroxylation is 1. The van der Waals surface area contributed by atoms with E-state index in [1.54, 1.807) is 13.8 Å². The van der Waals surface area contributed by atoms with Crippen molar-refractivity contribution in [2.75, 3.05) is 13.7 Å². The molecule has 0 aliphatic rings. The van der Waals surface area contributed by atoms with Crippen molar-refractivity contribution < 1.29 is 18.3 Å². The monoisotopic (exact) mass is 263 g/mol. The minimum Gasteiger partial charge on any atom is -0.392 e. The largest absolute Gasteiger partial charge is 0.392 e. The van der Waals surface area contributed by atoms with Crippen LogP contribution >= 0.6 is 0 Å². The Morgan fingerprint density at radius 3 is 2.76 bits per heavy atom. The highest BCUT2D eigenvalue weighted by atomic mass is 32.2. The fourth-order valence-electron chi connectivity index (χ4n) is 1.44. The zero-order valence-corrected chi connectivity index (χ0v) is 10.8. The van der Waals surface area contributed by atoms with Crippen LogP contribution in [0.15, 0.2) is 5.03 Å². The molecule has 1 aromatic rings. The predicted molar refractivity (Wildman–Crippen MR) is 60.9 cm³/mol. The number of hydrogen-bond acceptors (Lipinski definition) is 5. The van der Waals surface area contributed by atoms with Gasteiger partial charge >= 0.3 is 0 Å². The summed E-state index contributed by atoms with van der Waals surface area (Å²) >= 11 is 0. The topological polar surface area (TPSA) is 104 Å². The summed E-state index contributed by atoms with van der Waals surface area (Å²) in [6, 6.07) is -0.367. The molecule has 0 amide bonds. The summed E-state index contributed by atoms with van der Waals surface area (Å²) in [4.78, 5) is 0. The second-order valence-corrected chi connectivity index (χ2v) is 5.40. The first-order chi connectivity index (χ1) is 7.92. The van der Waals surface area contributed by atoms with Crippen LogP contribution in [-0.2, 0) is 21.4 Å². The average molecular weight is 263 g/mol. The van der Waals surface area contributed by atoms with Crippen LogP contribution in [0.2, 0.25) is 0 Å². The van der Waals surface area contributed by atoms with Gasteiger partial charge in [0.2, 0.25) is 0 Å². The van der Waals surface area contributed by atoms with Crippen molar-refractivity contribution in [3.05, 3.63) is 11.3 Å². The van der Waals surface area contributed by atoms with E-state index in [0.717, 1.165) is 0 Å². The fourth-order valence-corrected chi connectivity index (χ4v) is 2.86. The molecule has 0 saturated carbocycles. The Hall–Kier alpha value is -0.960. The standard InChI is InChI=1S/C9H17N3O4S/c1-6(5-16-3)12-17(14,15)9-8(4-13)7(2)10-11-9/h6,12-13H,4-5H2,1-3H3,(H,10,11). The van der Waals surface area contributed by atoms with Gasteiger partial charge in [-0.25, -0.2) is 13.1 Å². The van der Waals surface area contributed by atoms with E-state index in [2.05, 4.69) is 14.9 Å². The molecule has 0 radical (unpaired) electrons. The smallest absolute Gasteiger partial charge is 0.260 e. The molecular formula is C9H17N3O4S. The van der Waals surface area contributed by atoms with Gasteiger partial charge in [-0.2, -0.15) is 5.10 Å². The summed E-state index contributed by atoms with van der Waals surface area (Å²) < 4.78 is 31.2. The number of aromatic amines is 1. The maximum absolute atomic E-state index is 12.0. The lowest BCUT2D eigenvalue weighted by Gasteiger charge is -2.12. The molecule has 7 nitrogen and oxygen atoms in total. The summed E-state index contributed by atoms with van der Waals surface area (Å²) in [7, 11) is -2.25. The molecule has 0 aliphatic heterocycles. The molecule has 0 saturated heterocycles. The lowest BCUT2D eigenvalue weighted by Crippen LogP contribution is -2.36. The van der Waals surface area contributed by atoms with E-state index in [1.165, 1.54) is 7.11 Å². The molecule has 98 valence electrons. The Kier molecular flexibility index (Phi) is 4.63. The van der Waals surface area contributed by atoms with Crippen molar-refractivity contribution in [2.45, 2.75) is 31.5 Å². The summed E-state index contributed by atoms with van der Waals surface area (Å²) in [6.07, 6.45) is 0. The number of nitrogens with zero attached hydrogens (tertiary/aromatic N) is 1. The quantitative estimate of drug-likeness (QED) is 0.643. The first-order valence-electron chi connectivity index (χ1n) is 5.08. The number of hydrogen-bond donors (Lipinski definition) is 3. The van der Waals surface area contributed by atoms with E-state index < -0.39 is 10.0 Å². The van der Waals surface area contributed by atoms with E-state index in [0.29, 0.717) is 5.69 Å². The van der Waals surface area contributed by atoms with Gasteiger partial charge in [0.1, 0.15) is 0 Å². The zero-order valence-electron chi connectivity index (χ0n) is 10.0. The minimum absolute atomic E-state index is 0.166. The third kappa shape index (κ3) is 3.25. The number of ether oxygens (including phenoxy) is 1. The molecule has 1 heterocycles. The lowest BCUT2D eigenvalue weighted by atomic mass is 10.3. The molecule has 1 rings (SSSR count). The Bertz CT molecular complexity index is 469. The molecule has 0 bridgehead atoms. The molecular weight excluding hydrogens is 246 g/mol. The Balaban J connectivity index is 2.97. The average Bonchev–Trinajstić information content (AvgIpc) is 2.59. The van der Waals surface area contributed by atoms with Gasteiger partial charge in [0.25, 0.3) is 10.0 Å². The van der Waals surface area contributed by atoms with Gasteiger partial charge in [0, 0.05) is 24.4 Å². The summed E-state index contributed by atoms with van der Waals surface area (Å²) in [5, 5.41) is 15.2. The highest BCUT2D eigenvalue weighted by molar-refractivity contribution is 7.89. The third-order valence-corrected chi connectivity index (χ3v) is 3.78. The van der Waals surface area contributed by atoms with Crippen LogP contribution < -0.4 is 4.72 Å². The zero-order chi connectivity index (χ0) is 13.1. The first kappa shape index (κ1) is 14.1. The highest BCUT2D eigenvalue weighted by Crippen LogP contribution is 2.16. The van der Waals surface area contributed by atoms with Crippen LogP contribution in [0.5, 0.6) is 0 Å². The van der Waals surface area contributed by atoms with Gasteiger partial charge in [0.15, 0.2) is 5.03 Å². The van der Waals surface area contributed by atoms with Crippen LogP contribution in [0, 0.1) is 6.92 Å². The van der Waals surface area contributed by atoms with Crippen LogP contribution in [0.25, 0.3) is 0 Å². The molecule has 1 aromatic heterocycles. The summed E-state index contributed by atoms with van der Waals surface area (Å²) in [5.74, 6) is 0. The number of methoxy groups -OCH3 is 1. The molecule has 0 spiro atoms. The fraction of sp³-hybridized carbons (Fsp3) is 0.667. The van der Waals surface area contributed by atoms with Crippen LogP contribution in [0.4, 0.5) is 0 Å².